The van der Waals surface area contributed by atoms with Crippen molar-refractivity contribution in [2.45, 2.75) is 32.7 Å². The van der Waals surface area contributed by atoms with Crippen molar-refractivity contribution >= 4 is 16.8 Å². The molecule has 0 aliphatic carbocycles. The Bertz CT molecular complexity index is 1030. The third-order valence-electron chi connectivity index (χ3n) is 4.56. The number of aromatic amines is 1. The summed E-state index contributed by atoms with van der Waals surface area (Å²) < 4.78 is 5.60. The Kier molecular flexibility index (Phi) is 5.49. The number of nitrogens with zero attached hydrogens (tertiary/aromatic N) is 2. The molecule has 2 aromatic carbocycles. The van der Waals surface area contributed by atoms with E-state index in [0.717, 1.165) is 0 Å². The molecule has 1 N–H and O–H groups in total. The van der Waals surface area contributed by atoms with Gasteiger partial charge in [0.1, 0.15) is 11.6 Å². The maximum atomic E-state index is 12.4. The maximum absolute atomic E-state index is 12.4. The van der Waals surface area contributed by atoms with E-state index in [1.165, 1.54) is 10.5 Å². The summed E-state index contributed by atoms with van der Waals surface area (Å²) in [5.41, 5.74) is 1.67. The van der Waals surface area contributed by atoms with Crippen molar-refractivity contribution in [3.05, 3.63) is 70.3 Å². The summed E-state index contributed by atoms with van der Waals surface area (Å²) in [6.45, 7) is 6.56. The van der Waals surface area contributed by atoms with Crippen molar-refractivity contribution in [1.82, 2.24) is 14.9 Å². The molecule has 3 aromatic rings. The number of aromatic nitrogens is 2. The smallest absolute Gasteiger partial charge is 0.260 e. The molecule has 1 heterocycles. The van der Waals surface area contributed by atoms with E-state index >= 15 is 0 Å². The van der Waals surface area contributed by atoms with Gasteiger partial charge >= 0.3 is 0 Å². The molecular weight excluding hydrogens is 354 g/mol. The molecule has 0 saturated heterocycles. The number of nitrogens with one attached hydrogen (secondary N) is 1. The van der Waals surface area contributed by atoms with Crippen molar-refractivity contribution in [2.24, 2.45) is 0 Å². The van der Waals surface area contributed by atoms with Crippen LogP contribution in [0.3, 0.4) is 0 Å². The fourth-order valence-electron chi connectivity index (χ4n) is 2.83. The van der Waals surface area contributed by atoms with Gasteiger partial charge in [-0.1, -0.05) is 45.0 Å². The predicted octanol–water partition coefficient (Wildman–Crippen LogP) is 3.26. The Morgan fingerprint density at radius 2 is 1.79 bits per heavy atom. The summed E-state index contributed by atoms with van der Waals surface area (Å²) in [5, 5.41) is 0.530. The zero-order valence-corrected chi connectivity index (χ0v) is 16.7. The average molecular weight is 379 g/mol. The lowest BCUT2D eigenvalue weighted by Crippen LogP contribution is -2.32. The quantitative estimate of drug-likeness (QED) is 0.738. The van der Waals surface area contributed by atoms with Crippen molar-refractivity contribution in [3.63, 3.8) is 0 Å². The van der Waals surface area contributed by atoms with E-state index in [-0.39, 0.29) is 30.0 Å². The van der Waals surface area contributed by atoms with Crippen molar-refractivity contribution in [2.75, 3.05) is 13.7 Å². The second-order valence-electron chi connectivity index (χ2n) is 7.84. The highest BCUT2D eigenvalue weighted by molar-refractivity contribution is 5.78. The molecule has 0 atom stereocenters. The SMILES string of the molecule is CN(Cc1nc2ccccc2c(=O)[nH]1)C(=O)COc1ccc(C(C)(C)C)cc1. The number of rotatable bonds is 5. The van der Waals surface area contributed by atoms with Gasteiger partial charge < -0.3 is 14.6 Å². The fraction of sp³-hybridized carbons (Fsp3) is 0.318. The molecule has 28 heavy (non-hydrogen) atoms. The minimum absolute atomic E-state index is 0.0678. The van der Waals surface area contributed by atoms with E-state index in [9.17, 15) is 9.59 Å². The molecule has 0 fully saturated rings. The lowest BCUT2D eigenvalue weighted by molar-refractivity contribution is -0.132. The summed E-state index contributed by atoms with van der Waals surface area (Å²) >= 11 is 0. The van der Waals surface area contributed by atoms with E-state index in [0.29, 0.717) is 22.5 Å². The van der Waals surface area contributed by atoms with E-state index in [2.05, 4.69) is 30.7 Å². The van der Waals surface area contributed by atoms with Gasteiger partial charge in [-0.25, -0.2) is 4.98 Å². The minimum Gasteiger partial charge on any atom is -0.484 e. The molecule has 1 amide bonds. The molecule has 3 rings (SSSR count). The first-order chi connectivity index (χ1) is 13.2. The molecule has 0 aliphatic rings. The molecule has 0 spiro atoms. The number of para-hydroxylation sites is 1. The summed E-state index contributed by atoms with van der Waals surface area (Å²) in [6, 6.07) is 14.9. The Morgan fingerprint density at radius 1 is 1.11 bits per heavy atom. The molecule has 0 bridgehead atoms. The van der Waals surface area contributed by atoms with Crippen molar-refractivity contribution in [3.8, 4) is 5.75 Å². The van der Waals surface area contributed by atoms with E-state index in [1.54, 1.807) is 25.2 Å². The number of fused-ring (bicyclic) bond motifs is 1. The monoisotopic (exact) mass is 379 g/mol. The molecule has 1 aromatic heterocycles. The summed E-state index contributed by atoms with van der Waals surface area (Å²) in [5.74, 6) is 0.886. The lowest BCUT2D eigenvalue weighted by atomic mass is 9.87. The van der Waals surface area contributed by atoms with E-state index < -0.39 is 0 Å². The first kappa shape index (κ1) is 19.6. The molecular formula is C22H25N3O3. The first-order valence-electron chi connectivity index (χ1n) is 9.19. The number of amides is 1. The maximum Gasteiger partial charge on any atom is 0.260 e. The van der Waals surface area contributed by atoms with Gasteiger partial charge in [0.15, 0.2) is 6.61 Å². The molecule has 146 valence electrons. The first-order valence-corrected chi connectivity index (χ1v) is 9.19. The van der Waals surface area contributed by atoms with Gasteiger partial charge in [-0.3, -0.25) is 9.59 Å². The van der Waals surface area contributed by atoms with Crippen LogP contribution in [0.2, 0.25) is 0 Å². The Balaban J connectivity index is 1.61. The van der Waals surface area contributed by atoms with Crippen LogP contribution in [0.4, 0.5) is 0 Å². The molecule has 0 radical (unpaired) electrons. The highest BCUT2D eigenvalue weighted by Crippen LogP contribution is 2.24. The molecule has 0 unspecified atom stereocenters. The number of hydrogen-bond acceptors (Lipinski definition) is 4. The average Bonchev–Trinajstić information content (AvgIpc) is 2.65. The van der Waals surface area contributed by atoms with Crippen LogP contribution in [-0.4, -0.2) is 34.4 Å². The van der Waals surface area contributed by atoms with Gasteiger partial charge in [0.2, 0.25) is 0 Å². The van der Waals surface area contributed by atoms with Crippen molar-refractivity contribution < 1.29 is 9.53 Å². The Morgan fingerprint density at radius 3 is 2.46 bits per heavy atom. The van der Waals surface area contributed by atoms with E-state index in [4.69, 9.17) is 4.74 Å². The Hall–Kier alpha value is -3.15. The van der Waals surface area contributed by atoms with Gasteiger partial charge in [0.05, 0.1) is 17.4 Å². The van der Waals surface area contributed by atoms with Crippen molar-refractivity contribution in [1.29, 1.82) is 0 Å². The summed E-state index contributed by atoms with van der Waals surface area (Å²) in [4.78, 5) is 33.1. The number of carbonyl (C=O) groups is 1. The van der Waals surface area contributed by atoms with Gasteiger partial charge in [0, 0.05) is 7.05 Å². The highest BCUT2D eigenvalue weighted by atomic mass is 16.5. The topological polar surface area (TPSA) is 75.3 Å². The summed E-state index contributed by atoms with van der Waals surface area (Å²) in [6.07, 6.45) is 0. The van der Waals surface area contributed by atoms with Crippen LogP contribution in [0.15, 0.2) is 53.3 Å². The Labute approximate surface area is 164 Å². The lowest BCUT2D eigenvalue weighted by Gasteiger charge is -2.20. The second-order valence-corrected chi connectivity index (χ2v) is 7.84. The summed E-state index contributed by atoms with van der Waals surface area (Å²) in [7, 11) is 1.66. The van der Waals surface area contributed by atoms with Crippen LogP contribution in [0.25, 0.3) is 10.9 Å². The largest absolute Gasteiger partial charge is 0.484 e. The fourth-order valence-corrected chi connectivity index (χ4v) is 2.83. The third-order valence-corrected chi connectivity index (χ3v) is 4.56. The molecule has 0 aliphatic heterocycles. The molecule has 0 saturated carbocycles. The predicted molar refractivity (Wildman–Crippen MR) is 109 cm³/mol. The van der Waals surface area contributed by atoms with Gasteiger partial charge in [0.25, 0.3) is 11.5 Å². The number of carbonyl (C=O) groups excluding carboxylic acids is 1. The normalized spacial score (nSPS) is 11.4. The van der Waals surface area contributed by atoms with Crippen LogP contribution < -0.4 is 10.3 Å². The van der Waals surface area contributed by atoms with Crippen LogP contribution in [0.1, 0.15) is 32.2 Å². The molecule has 6 heteroatoms. The third kappa shape index (κ3) is 4.57. The standard InChI is InChI=1S/C22H25N3O3/c1-22(2,3)15-9-11-16(12-10-15)28-14-20(26)25(4)13-19-23-18-8-6-5-7-17(18)21(27)24-19/h5-12H,13-14H2,1-4H3,(H,23,24,27). The minimum atomic E-state index is -0.211. The van der Waals surface area contributed by atoms with Crippen LogP contribution in [0, 0.1) is 0 Å². The number of ether oxygens (including phenoxy) is 1. The van der Waals surface area contributed by atoms with Crippen LogP contribution in [0.5, 0.6) is 5.75 Å². The van der Waals surface area contributed by atoms with Crippen LogP contribution in [-0.2, 0) is 16.8 Å². The zero-order chi connectivity index (χ0) is 20.3. The van der Waals surface area contributed by atoms with Crippen LogP contribution >= 0.6 is 0 Å². The molecule has 6 nitrogen and oxygen atoms in total. The van der Waals surface area contributed by atoms with Gasteiger partial charge in [-0.2, -0.15) is 0 Å². The highest BCUT2D eigenvalue weighted by Gasteiger charge is 2.15. The number of likely N-dealkylation sites (N-methyl/N-ethyl adjacent to an activating group) is 1. The van der Waals surface area contributed by atoms with Gasteiger partial charge in [-0.15, -0.1) is 0 Å². The van der Waals surface area contributed by atoms with Gasteiger partial charge in [-0.05, 0) is 35.2 Å². The number of benzene rings is 2. The van der Waals surface area contributed by atoms with E-state index in [1.807, 2.05) is 30.3 Å². The zero-order valence-electron chi connectivity index (χ0n) is 16.7. The second kappa shape index (κ2) is 7.84. The number of H-pyrrole nitrogens is 1. The number of hydrogen-bond donors (Lipinski definition) is 1.